The number of hydrogen-bond donors (Lipinski definition) is 2. The third-order valence-electron chi connectivity index (χ3n) is 4.09. The van der Waals surface area contributed by atoms with Gasteiger partial charge in [0.25, 0.3) is 0 Å². The van der Waals surface area contributed by atoms with Crippen LogP contribution in [0, 0.1) is 5.82 Å². The molecule has 25 heavy (non-hydrogen) atoms. The van der Waals surface area contributed by atoms with Gasteiger partial charge in [0, 0.05) is 5.56 Å². The van der Waals surface area contributed by atoms with Gasteiger partial charge in [0.05, 0.1) is 23.0 Å². The maximum absolute atomic E-state index is 14.0. The highest BCUT2D eigenvalue weighted by Gasteiger charge is 2.24. The highest BCUT2D eigenvalue weighted by molar-refractivity contribution is 6.33. The Kier molecular flexibility index (Phi) is 4.86. The number of nitrogens with one attached hydrogen (secondary N) is 1. The summed E-state index contributed by atoms with van der Waals surface area (Å²) in [6, 6.07) is 9.88. The molecule has 0 spiro atoms. The van der Waals surface area contributed by atoms with E-state index in [1.54, 1.807) is 0 Å². The third-order valence-corrected chi connectivity index (χ3v) is 4.41. The summed E-state index contributed by atoms with van der Waals surface area (Å²) >= 11 is 6.08. The van der Waals surface area contributed by atoms with E-state index < -0.39 is 18.2 Å². The molecular formula is C19H15ClFNO3. The molecule has 6 heteroatoms. The zero-order chi connectivity index (χ0) is 18.0. The summed E-state index contributed by atoms with van der Waals surface area (Å²) < 4.78 is 14.0. The van der Waals surface area contributed by atoms with Gasteiger partial charge < -0.3 is 10.4 Å². The lowest BCUT2D eigenvalue weighted by atomic mass is 9.86. The van der Waals surface area contributed by atoms with E-state index in [1.807, 2.05) is 36.4 Å². The monoisotopic (exact) mass is 359 g/mol. The van der Waals surface area contributed by atoms with Crippen LogP contribution < -0.4 is 5.32 Å². The Hall–Kier alpha value is -2.66. The molecule has 0 saturated carbocycles. The first-order chi connectivity index (χ1) is 12.0. The topological polar surface area (TPSA) is 66.4 Å². The van der Waals surface area contributed by atoms with Crippen molar-refractivity contribution in [3.8, 4) is 0 Å². The van der Waals surface area contributed by atoms with Gasteiger partial charge >= 0.3 is 5.97 Å². The highest BCUT2D eigenvalue weighted by atomic mass is 35.5. The van der Waals surface area contributed by atoms with E-state index in [0.717, 1.165) is 17.2 Å². The zero-order valence-corrected chi connectivity index (χ0v) is 13.9. The Morgan fingerprint density at radius 3 is 2.80 bits per heavy atom. The summed E-state index contributed by atoms with van der Waals surface area (Å²) in [6.45, 7) is 0. The van der Waals surface area contributed by atoms with Crippen molar-refractivity contribution in [3.05, 3.63) is 70.0 Å². The Morgan fingerprint density at radius 1 is 1.28 bits per heavy atom. The van der Waals surface area contributed by atoms with Gasteiger partial charge in [-0.3, -0.25) is 9.59 Å². The van der Waals surface area contributed by atoms with Crippen molar-refractivity contribution >= 4 is 35.2 Å². The van der Waals surface area contributed by atoms with Gasteiger partial charge in [-0.1, -0.05) is 48.0 Å². The number of carboxylic acid groups (broad SMARTS) is 1. The molecule has 1 aliphatic rings. The van der Waals surface area contributed by atoms with E-state index in [4.69, 9.17) is 16.7 Å². The average molecular weight is 360 g/mol. The maximum Gasteiger partial charge on any atom is 0.307 e. The summed E-state index contributed by atoms with van der Waals surface area (Å²) in [4.78, 5) is 23.4. The standard InChI is InChI=1S/C19H15ClFNO3/c20-15-8-12(9-18(23)24)16(21)10-17(15)22-19(25)14-7-3-5-11-4-1-2-6-13(11)14/h1-6,8,10,14H,7,9H2,(H,22,25)(H,23,24). The molecule has 1 amide bonds. The molecular weight excluding hydrogens is 345 g/mol. The minimum atomic E-state index is -1.16. The van der Waals surface area contributed by atoms with E-state index in [2.05, 4.69) is 5.32 Å². The summed E-state index contributed by atoms with van der Waals surface area (Å²) in [5.41, 5.74) is 1.98. The molecule has 2 aromatic rings. The van der Waals surface area contributed by atoms with E-state index in [0.29, 0.717) is 6.42 Å². The molecule has 2 N–H and O–H groups in total. The van der Waals surface area contributed by atoms with Gasteiger partial charge in [0.1, 0.15) is 5.82 Å². The van der Waals surface area contributed by atoms with Crippen LogP contribution >= 0.6 is 11.6 Å². The minimum absolute atomic E-state index is 0.0264. The van der Waals surface area contributed by atoms with E-state index in [9.17, 15) is 14.0 Å². The van der Waals surface area contributed by atoms with E-state index >= 15 is 0 Å². The minimum Gasteiger partial charge on any atom is -0.481 e. The molecule has 2 aromatic carbocycles. The summed E-state index contributed by atoms with van der Waals surface area (Å²) in [7, 11) is 0. The van der Waals surface area contributed by atoms with Crippen molar-refractivity contribution in [3.63, 3.8) is 0 Å². The average Bonchev–Trinajstić information content (AvgIpc) is 2.58. The second-order valence-corrected chi connectivity index (χ2v) is 6.21. The number of aliphatic carboxylic acids is 1. The van der Waals surface area contributed by atoms with Crippen LogP contribution in [-0.2, 0) is 16.0 Å². The SMILES string of the molecule is O=C(O)Cc1cc(Cl)c(NC(=O)C2CC=Cc3ccccc32)cc1F. The van der Waals surface area contributed by atoms with Crippen LogP contribution in [0.25, 0.3) is 6.08 Å². The van der Waals surface area contributed by atoms with Crippen molar-refractivity contribution < 1.29 is 19.1 Å². The molecule has 0 fully saturated rings. The fourth-order valence-corrected chi connectivity index (χ4v) is 3.12. The highest BCUT2D eigenvalue weighted by Crippen LogP contribution is 2.32. The van der Waals surface area contributed by atoms with E-state index in [-0.39, 0.29) is 28.1 Å². The van der Waals surface area contributed by atoms with Crippen molar-refractivity contribution in [2.75, 3.05) is 5.32 Å². The second kappa shape index (κ2) is 7.07. The number of carbonyl (C=O) groups is 2. The number of hydrogen-bond acceptors (Lipinski definition) is 2. The van der Waals surface area contributed by atoms with Gasteiger partial charge in [-0.2, -0.15) is 0 Å². The molecule has 0 saturated heterocycles. The smallest absolute Gasteiger partial charge is 0.307 e. The number of rotatable bonds is 4. The first kappa shape index (κ1) is 17.2. The first-order valence-corrected chi connectivity index (χ1v) is 8.09. The number of amides is 1. The van der Waals surface area contributed by atoms with Crippen molar-refractivity contribution in [2.45, 2.75) is 18.8 Å². The summed E-state index contributed by atoms with van der Waals surface area (Å²) in [6.07, 6.45) is 3.96. The molecule has 0 aliphatic heterocycles. The summed E-state index contributed by atoms with van der Waals surface area (Å²) in [5, 5.41) is 11.5. The lowest BCUT2D eigenvalue weighted by Crippen LogP contribution is -2.23. The summed E-state index contributed by atoms with van der Waals surface area (Å²) in [5.74, 6) is -2.55. The van der Waals surface area contributed by atoms with Gasteiger partial charge in [-0.05, 0) is 29.7 Å². The molecule has 4 nitrogen and oxygen atoms in total. The largest absolute Gasteiger partial charge is 0.481 e. The Balaban J connectivity index is 1.83. The van der Waals surface area contributed by atoms with Crippen molar-refractivity contribution in [2.24, 2.45) is 0 Å². The molecule has 3 rings (SSSR count). The molecule has 1 unspecified atom stereocenters. The first-order valence-electron chi connectivity index (χ1n) is 7.71. The predicted molar refractivity (Wildman–Crippen MR) is 94.2 cm³/mol. The number of carbonyl (C=O) groups excluding carboxylic acids is 1. The molecule has 0 heterocycles. The fourth-order valence-electron chi connectivity index (χ4n) is 2.89. The second-order valence-electron chi connectivity index (χ2n) is 5.80. The zero-order valence-electron chi connectivity index (χ0n) is 13.1. The quantitative estimate of drug-likeness (QED) is 0.857. The van der Waals surface area contributed by atoms with Gasteiger partial charge in [0.2, 0.25) is 5.91 Å². The van der Waals surface area contributed by atoms with Crippen LogP contribution in [0.2, 0.25) is 5.02 Å². The fraction of sp³-hybridized carbons (Fsp3) is 0.158. The van der Waals surface area contributed by atoms with Crippen LogP contribution in [0.5, 0.6) is 0 Å². The molecule has 128 valence electrons. The maximum atomic E-state index is 14.0. The van der Waals surface area contributed by atoms with E-state index in [1.165, 1.54) is 6.07 Å². The number of anilines is 1. The van der Waals surface area contributed by atoms with Gasteiger partial charge in [-0.25, -0.2) is 4.39 Å². The number of carboxylic acids is 1. The number of halogens is 2. The molecule has 0 bridgehead atoms. The Morgan fingerprint density at radius 2 is 2.04 bits per heavy atom. The molecule has 0 radical (unpaired) electrons. The molecule has 1 aliphatic carbocycles. The lowest BCUT2D eigenvalue weighted by molar-refractivity contribution is -0.136. The Labute approximate surface area is 148 Å². The number of allylic oxidation sites excluding steroid dienone is 1. The van der Waals surface area contributed by atoms with Crippen LogP contribution in [0.3, 0.4) is 0 Å². The third kappa shape index (κ3) is 3.72. The van der Waals surface area contributed by atoms with Crippen molar-refractivity contribution in [1.29, 1.82) is 0 Å². The normalized spacial score (nSPS) is 15.5. The van der Waals surface area contributed by atoms with Crippen LogP contribution in [0.1, 0.15) is 29.0 Å². The van der Waals surface area contributed by atoms with Gasteiger partial charge in [0.15, 0.2) is 0 Å². The molecule has 1 atom stereocenters. The lowest BCUT2D eigenvalue weighted by Gasteiger charge is -2.21. The van der Waals surface area contributed by atoms with Gasteiger partial charge in [-0.15, -0.1) is 0 Å². The Bertz CT molecular complexity index is 879. The van der Waals surface area contributed by atoms with Crippen molar-refractivity contribution in [1.82, 2.24) is 0 Å². The van der Waals surface area contributed by atoms with Crippen LogP contribution in [0.4, 0.5) is 10.1 Å². The van der Waals surface area contributed by atoms with Crippen LogP contribution in [0.15, 0.2) is 42.5 Å². The number of benzene rings is 2. The molecule has 0 aromatic heterocycles. The van der Waals surface area contributed by atoms with Crippen LogP contribution in [-0.4, -0.2) is 17.0 Å². The predicted octanol–water partition coefficient (Wildman–Crippen LogP) is 4.25. The number of fused-ring (bicyclic) bond motifs is 1.